The van der Waals surface area contributed by atoms with Gasteiger partial charge in [-0.1, -0.05) is 42.9 Å². The molecule has 3 heterocycles. The number of fused-ring (bicyclic) bond motifs is 2. The number of carbonyl (C=O) groups excluding carboxylic acids is 2. The third-order valence-corrected chi connectivity index (χ3v) is 8.33. The molecule has 1 aromatic heterocycles. The molecule has 3 aromatic carbocycles. The highest BCUT2D eigenvalue weighted by Crippen LogP contribution is 2.45. The van der Waals surface area contributed by atoms with Crippen LogP contribution < -0.4 is 14.4 Å². The molecule has 0 radical (unpaired) electrons. The smallest absolute Gasteiger partial charge is 0.301 e. The molecule has 2 unspecified atom stereocenters. The molecular formula is C32H30N2O5S. The number of benzene rings is 3. The number of aromatic nitrogens is 1. The van der Waals surface area contributed by atoms with Crippen LogP contribution in [0.1, 0.15) is 55.0 Å². The second-order valence-corrected chi connectivity index (χ2v) is 11.4. The molecule has 1 saturated heterocycles. The lowest BCUT2D eigenvalue weighted by Crippen LogP contribution is -2.29. The van der Waals surface area contributed by atoms with Gasteiger partial charge in [-0.25, -0.2) is 4.98 Å². The molecule has 1 N–H and O–H groups in total. The fourth-order valence-corrected chi connectivity index (χ4v) is 6.36. The lowest BCUT2D eigenvalue weighted by molar-refractivity contribution is -0.132. The Bertz CT molecular complexity index is 1660. The first-order valence-electron chi connectivity index (χ1n) is 13.5. The quantitative estimate of drug-likeness (QED) is 0.118. The molecule has 2 aliphatic heterocycles. The average Bonchev–Trinajstić information content (AvgIpc) is 3.60. The van der Waals surface area contributed by atoms with E-state index >= 15 is 0 Å². The SMILES string of the molecule is CCCCOc1ccc(C2/C(=C(/O)c3ccc4c(c3)CC(C)O4)C(=O)C(=O)N2c2nc3ccc(C)cc3s2)cc1. The van der Waals surface area contributed by atoms with E-state index in [9.17, 15) is 14.7 Å². The first-order chi connectivity index (χ1) is 19.3. The number of hydrogen-bond donors (Lipinski definition) is 1. The minimum absolute atomic E-state index is 0.0343. The van der Waals surface area contributed by atoms with Gasteiger partial charge in [-0.2, -0.15) is 0 Å². The van der Waals surface area contributed by atoms with E-state index in [1.54, 1.807) is 12.1 Å². The number of ether oxygens (including phenoxy) is 2. The fourth-order valence-electron chi connectivity index (χ4n) is 5.27. The highest BCUT2D eigenvalue weighted by Gasteiger charge is 2.48. The fraction of sp³-hybridized carbons (Fsp3) is 0.281. The van der Waals surface area contributed by atoms with Crippen molar-refractivity contribution in [1.82, 2.24) is 4.98 Å². The van der Waals surface area contributed by atoms with E-state index in [2.05, 4.69) is 6.92 Å². The van der Waals surface area contributed by atoms with E-state index in [-0.39, 0.29) is 17.4 Å². The zero-order valence-corrected chi connectivity index (χ0v) is 23.5. The van der Waals surface area contributed by atoms with Gasteiger partial charge in [0.1, 0.15) is 23.4 Å². The summed E-state index contributed by atoms with van der Waals surface area (Å²) < 4.78 is 12.6. The Morgan fingerprint density at radius 2 is 1.93 bits per heavy atom. The van der Waals surface area contributed by atoms with Crippen LogP contribution in [0, 0.1) is 6.92 Å². The number of nitrogens with zero attached hydrogens (tertiary/aromatic N) is 2. The van der Waals surface area contributed by atoms with Crippen molar-refractivity contribution in [1.29, 1.82) is 0 Å². The highest BCUT2D eigenvalue weighted by atomic mass is 32.1. The predicted molar refractivity (Wildman–Crippen MR) is 156 cm³/mol. The maximum absolute atomic E-state index is 13.6. The number of hydrogen-bond acceptors (Lipinski definition) is 7. The summed E-state index contributed by atoms with van der Waals surface area (Å²) in [4.78, 5) is 33.3. The monoisotopic (exact) mass is 554 g/mol. The summed E-state index contributed by atoms with van der Waals surface area (Å²) in [7, 11) is 0. The number of amides is 1. The van der Waals surface area contributed by atoms with E-state index in [1.165, 1.54) is 16.2 Å². The van der Waals surface area contributed by atoms with E-state index in [0.29, 0.717) is 35.0 Å². The van der Waals surface area contributed by atoms with Crippen LogP contribution in [-0.4, -0.2) is 34.5 Å². The Morgan fingerprint density at radius 3 is 2.70 bits per heavy atom. The van der Waals surface area contributed by atoms with Crippen molar-refractivity contribution in [2.45, 2.75) is 52.2 Å². The molecule has 1 amide bonds. The second-order valence-electron chi connectivity index (χ2n) is 10.4. The summed E-state index contributed by atoms with van der Waals surface area (Å²) in [6.45, 7) is 6.70. The van der Waals surface area contributed by atoms with E-state index in [1.807, 2.05) is 62.4 Å². The molecule has 204 valence electrons. The maximum atomic E-state index is 13.6. The van der Waals surface area contributed by atoms with Crippen LogP contribution in [-0.2, 0) is 16.0 Å². The van der Waals surface area contributed by atoms with Gasteiger partial charge >= 0.3 is 5.91 Å². The van der Waals surface area contributed by atoms with E-state index < -0.39 is 17.7 Å². The summed E-state index contributed by atoms with van der Waals surface area (Å²) in [6.07, 6.45) is 2.73. The van der Waals surface area contributed by atoms with Crippen molar-refractivity contribution < 1.29 is 24.2 Å². The molecule has 1 fully saturated rings. The summed E-state index contributed by atoms with van der Waals surface area (Å²) in [5.41, 5.74) is 3.97. The van der Waals surface area contributed by atoms with Gasteiger partial charge < -0.3 is 14.6 Å². The average molecular weight is 555 g/mol. The Hall–Kier alpha value is -4.17. The Balaban J connectivity index is 1.47. The van der Waals surface area contributed by atoms with Gasteiger partial charge in [0.2, 0.25) is 0 Å². The number of anilines is 1. The largest absolute Gasteiger partial charge is 0.507 e. The van der Waals surface area contributed by atoms with Crippen molar-refractivity contribution in [3.05, 3.63) is 88.5 Å². The van der Waals surface area contributed by atoms with Gasteiger partial charge in [0, 0.05) is 12.0 Å². The molecule has 40 heavy (non-hydrogen) atoms. The first kappa shape index (κ1) is 26.1. The van der Waals surface area contributed by atoms with Crippen molar-refractivity contribution in [3.63, 3.8) is 0 Å². The third kappa shape index (κ3) is 4.62. The highest BCUT2D eigenvalue weighted by molar-refractivity contribution is 7.22. The molecule has 7 nitrogen and oxygen atoms in total. The summed E-state index contributed by atoms with van der Waals surface area (Å²) in [5, 5.41) is 12.0. The number of aliphatic hydroxyl groups excluding tert-OH is 1. The molecule has 0 aliphatic carbocycles. The zero-order chi connectivity index (χ0) is 28.0. The Labute approximate surface area is 236 Å². The lowest BCUT2D eigenvalue weighted by Gasteiger charge is -2.23. The van der Waals surface area contributed by atoms with Crippen LogP contribution in [0.4, 0.5) is 5.13 Å². The molecule has 2 aliphatic rings. The molecule has 4 aromatic rings. The number of carbonyl (C=O) groups is 2. The van der Waals surface area contributed by atoms with E-state index in [0.717, 1.165) is 39.9 Å². The third-order valence-electron chi connectivity index (χ3n) is 7.32. The van der Waals surface area contributed by atoms with Gasteiger partial charge in [-0.05, 0) is 79.4 Å². The minimum atomic E-state index is -0.852. The van der Waals surface area contributed by atoms with Gasteiger partial charge in [-0.3, -0.25) is 14.5 Å². The first-order valence-corrected chi connectivity index (χ1v) is 14.4. The van der Waals surface area contributed by atoms with Crippen LogP contribution in [0.5, 0.6) is 11.5 Å². The van der Waals surface area contributed by atoms with Crippen molar-refractivity contribution in [3.8, 4) is 11.5 Å². The summed E-state index contributed by atoms with van der Waals surface area (Å²) in [5.74, 6) is -0.203. The van der Waals surface area contributed by atoms with Gasteiger partial charge in [0.05, 0.1) is 28.4 Å². The number of unbranched alkanes of at least 4 members (excludes halogenated alkanes) is 1. The summed E-state index contributed by atoms with van der Waals surface area (Å²) in [6, 6.07) is 17.7. The normalized spacial score (nSPS) is 19.7. The van der Waals surface area contributed by atoms with Crippen LogP contribution in [0.25, 0.3) is 16.0 Å². The minimum Gasteiger partial charge on any atom is -0.507 e. The molecule has 6 rings (SSSR count). The van der Waals surface area contributed by atoms with Crippen molar-refractivity contribution in [2.24, 2.45) is 0 Å². The van der Waals surface area contributed by atoms with Crippen molar-refractivity contribution in [2.75, 3.05) is 11.5 Å². The number of Topliss-reactive ketones (excluding diaryl/α,β-unsaturated/α-hetero) is 1. The molecule has 0 saturated carbocycles. The molecule has 2 atom stereocenters. The standard InChI is InChI=1S/C32H30N2O5S/c1-4-5-14-38-23-10-7-20(8-11-23)28-27(29(35)21-9-13-25-22(17-21)16-19(3)39-25)30(36)31(37)34(28)32-33-24-12-6-18(2)15-26(24)40-32/h6-13,15,17,19,28,35H,4-5,14,16H2,1-3H3/b29-27-. The number of ketones is 1. The second kappa shape index (κ2) is 10.4. The van der Waals surface area contributed by atoms with Crippen LogP contribution in [0.2, 0.25) is 0 Å². The number of aliphatic hydroxyl groups is 1. The van der Waals surface area contributed by atoms with E-state index in [4.69, 9.17) is 14.5 Å². The van der Waals surface area contributed by atoms with Crippen molar-refractivity contribution >= 4 is 44.1 Å². The lowest BCUT2D eigenvalue weighted by atomic mass is 9.94. The van der Waals surface area contributed by atoms with Crippen LogP contribution in [0.15, 0.2) is 66.2 Å². The number of rotatable bonds is 7. The van der Waals surface area contributed by atoms with Crippen LogP contribution in [0.3, 0.4) is 0 Å². The predicted octanol–water partition coefficient (Wildman–Crippen LogP) is 6.73. The van der Waals surface area contributed by atoms with Gasteiger partial charge in [-0.15, -0.1) is 0 Å². The zero-order valence-electron chi connectivity index (χ0n) is 22.6. The number of aryl methyl sites for hydroxylation is 1. The maximum Gasteiger partial charge on any atom is 0.301 e. The summed E-state index contributed by atoms with van der Waals surface area (Å²) >= 11 is 1.35. The van der Waals surface area contributed by atoms with Crippen LogP contribution >= 0.6 is 11.3 Å². The number of thiazole rings is 1. The molecule has 0 spiro atoms. The van der Waals surface area contributed by atoms with Gasteiger partial charge in [0.15, 0.2) is 5.13 Å². The molecular weight excluding hydrogens is 524 g/mol. The molecule has 8 heteroatoms. The Morgan fingerprint density at radius 1 is 1.12 bits per heavy atom. The molecule has 0 bridgehead atoms. The topological polar surface area (TPSA) is 89.0 Å². The Kier molecular flexibility index (Phi) is 6.80. The van der Waals surface area contributed by atoms with Gasteiger partial charge in [0.25, 0.3) is 5.78 Å².